The van der Waals surface area contributed by atoms with Crippen LogP contribution in [0.5, 0.6) is 5.75 Å². The van der Waals surface area contributed by atoms with Gasteiger partial charge in [0, 0.05) is 10.9 Å². The van der Waals surface area contributed by atoms with E-state index in [0.717, 1.165) is 17.7 Å². The fourth-order valence-corrected chi connectivity index (χ4v) is 1.13. The van der Waals surface area contributed by atoms with Crippen molar-refractivity contribution >= 4 is 11.6 Å². The van der Waals surface area contributed by atoms with Crippen LogP contribution in [0.25, 0.3) is 0 Å². The summed E-state index contributed by atoms with van der Waals surface area (Å²) in [6.07, 6.45) is 1.22. The number of rotatable bonds is 3. The molecule has 0 radical (unpaired) electrons. The second-order valence-corrected chi connectivity index (χ2v) is 3.27. The minimum Gasteiger partial charge on any atom is -0.491 e. The Morgan fingerprint density at radius 3 is 2.93 bits per heavy atom. The van der Waals surface area contributed by atoms with Crippen LogP contribution in [0, 0.1) is 11.3 Å². The predicted octanol–water partition coefficient (Wildman–Crippen LogP) is 3.41. The lowest BCUT2D eigenvalue weighted by Gasteiger charge is -2.12. The summed E-state index contributed by atoms with van der Waals surface area (Å²) in [7, 11) is 0. The molecule has 1 atom stereocenters. The summed E-state index contributed by atoms with van der Waals surface area (Å²) in [5, 5.41) is 2.35. The van der Waals surface area contributed by atoms with Crippen molar-refractivity contribution in [1.29, 1.82) is 0 Å². The first-order valence-electron chi connectivity index (χ1n) is 4.64. The third-order valence-electron chi connectivity index (χ3n) is 1.94. The van der Waals surface area contributed by atoms with Crippen molar-refractivity contribution in [3.63, 3.8) is 0 Å². The second kappa shape index (κ2) is 5.57. The molecular weight excluding hydrogens is 196 g/mol. The Labute approximate surface area is 90.0 Å². The van der Waals surface area contributed by atoms with Crippen LogP contribution in [-0.2, 0) is 0 Å². The SMILES string of the molecule is CC[C@@H](C)Oc1cccc(C#CCl)c1. The Balaban J connectivity index is 2.76. The zero-order valence-corrected chi connectivity index (χ0v) is 9.14. The van der Waals surface area contributed by atoms with Gasteiger partial charge in [-0.3, -0.25) is 0 Å². The smallest absolute Gasteiger partial charge is 0.120 e. The third-order valence-corrected chi connectivity index (χ3v) is 2.03. The molecule has 74 valence electrons. The van der Waals surface area contributed by atoms with Gasteiger partial charge in [-0.2, -0.15) is 0 Å². The Morgan fingerprint density at radius 2 is 2.29 bits per heavy atom. The fourth-order valence-electron chi connectivity index (χ4n) is 1.02. The summed E-state index contributed by atoms with van der Waals surface area (Å²) < 4.78 is 5.64. The Morgan fingerprint density at radius 1 is 1.50 bits per heavy atom. The molecule has 0 aliphatic heterocycles. The van der Waals surface area contributed by atoms with Gasteiger partial charge in [0.2, 0.25) is 0 Å². The van der Waals surface area contributed by atoms with E-state index in [1.54, 1.807) is 0 Å². The van der Waals surface area contributed by atoms with Gasteiger partial charge in [-0.15, -0.1) is 0 Å². The zero-order valence-electron chi connectivity index (χ0n) is 8.38. The van der Waals surface area contributed by atoms with Crippen molar-refractivity contribution in [2.45, 2.75) is 26.4 Å². The molecule has 0 unspecified atom stereocenters. The van der Waals surface area contributed by atoms with Gasteiger partial charge < -0.3 is 4.74 Å². The molecule has 0 amide bonds. The summed E-state index contributed by atoms with van der Waals surface area (Å²) in [6, 6.07) is 7.63. The van der Waals surface area contributed by atoms with Gasteiger partial charge in [-0.25, -0.2) is 0 Å². The molecule has 1 aromatic carbocycles. The molecule has 1 nitrogen and oxygen atoms in total. The van der Waals surface area contributed by atoms with Crippen molar-refractivity contribution in [3.8, 4) is 17.0 Å². The third kappa shape index (κ3) is 3.32. The molecule has 0 aliphatic carbocycles. The van der Waals surface area contributed by atoms with Gasteiger partial charge >= 0.3 is 0 Å². The standard InChI is InChI=1S/C12H13ClO/c1-3-10(2)14-12-6-4-5-11(9-12)7-8-13/h4-6,9-10H,3H2,1-2H3/t10-/m1/s1. The van der Waals surface area contributed by atoms with E-state index in [1.807, 2.05) is 31.2 Å². The first-order valence-corrected chi connectivity index (χ1v) is 5.02. The summed E-state index contributed by atoms with van der Waals surface area (Å²) in [5.74, 6) is 3.62. The summed E-state index contributed by atoms with van der Waals surface area (Å²) in [4.78, 5) is 0. The van der Waals surface area contributed by atoms with E-state index >= 15 is 0 Å². The van der Waals surface area contributed by atoms with Crippen LogP contribution in [0.2, 0.25) is 0 Å². The number of benzene rings is 1. The Bertz CT molecular complexity index is 349. The van der Waals surface area contributed by atoms with E-state index in [4.69, 9.17) is 16.3 Å². The van der Waals surface area contributed by atoms with E-state index < -0.39 is 0 Å². The van der Waals surface area contributed by atoms with Crippen molar-refractivity contribution in [2.24, 2.45) is 0 Å². The molecule has 1 aromatic rings. The van der Waals surface area contributed by atoms with Crippen LogP contribution in [0.4, 0.5) is 0 Å². The molecule has 0 heterocycles. The van der Waals surface area contributed by atoms with Crippen LogP contribution >= 0.6 is 11.6 Å². The lowest BCUT2D eigenvalue weighted by Crippen LogP contribution is -2.09. The van der Waals surface area contributed by atoms with Crippen LogP contribution in [0.1, 0.15) is 25.8 Å². The molecule has 0 saturated carbocycles. The summed E-state index contributed by atoms with van der Waals surface area (Å²) in [5.41, 5.74) is 0.876. The van der Waals surface area contributed by atoms with Gasteiger partial charge in [0.05, 0.1) is 6.10 Å². The normalized spacial score (nSPS) is 11.4. The average molecular weight is 209 g/mol. The maximum absolute atomic E-state index is 5.64. The van der Waals surface area contributed by atoms with E-state index in [2.05, 4.69) is 18.2 Å². The molecule has 0 aromatic heterocycles. The molecular formula is C12H13ClO. The Kier molecular flexibility index (Phi) is 4.35. The first-order chi connectivity index (χ1) is 6.76. The van der Waals surface area contributed by atoms with Gasteiger partial charge in [-0.05, 0) is 49.1 Å². The van der Waals surface area contributed by atoms with Crippen molar-refractivity contribution < 1.29 is 4.74 Å². The van der Waals surface area contributed by atoms with Crippen molar-refractivity contribution in [2.75, 3.05) is 0 Å². The molecule has 0 N–H and O–H groups in total. The molecule has 1 rings (SSSR count). The van der Waals surface area contributed by atoms with Crippen LogP contribution < -0.4 is 4.74 Å². The van der Waals surface area contributed by atoms with E-state index in [9.17, 15) is 0 Å². The highest BCUT2D eigenvalue weighted by molar-refractivity contribution is 6.30. The molecule has 2 heteroatoms. The van der Waals surface area contributed by atoms with Crippen LogP contribution in [-0.4, -0.2) is 6.10 Å². The number of ether oxygens (including phenoxy) is 1. The van der Waals surface area contributed by atoms with Crippen LogP contribution in [0.15, 0.2) is 24.3 Å². The maximum Gasteiger partial charge on any atom is 0.120 e. The van der Waals surface area contributed by atoms with Gasteiger partial charge in [-0.1, -0.05) is 13.0 Å². The molecule has 0 fully saturated rings. The largest absolute Gasteiger partial charge is 0.491 e. The van der Waals surface area contributed by atoms with E-state index in [1.165, 1.54) is 0 Å². The summed E-state index contributed by atoms with van der Waals surface area (Å²) >= 11 is 5.32. The van der Waals surface area contributed by atoms with Crippen molar-refractivity contribution in [1.82, 2.24) is 0 Å². The molecule has 0 aliphatic rings. The Hall–Kier alpha value is -1.13. The van der Waals surface area contributed by atoms with Gasteiger partial charge in [0.25, 0.3) is 0 Å². The predicted molar refractivity (Wildman–Crippen MR) is 59.6 cm³/mol. The molecule has 0 saturated heterocycles. The number of hydrogen-bond donors (Lipinski definition) is 0. The topological polar surface area (TPSA) is 9.23 Å². The summed E-state index contributed by atoms with van der Waals surface area (Å²) in [6.45, 7) is 4.13. The van der Waals surface area contributed by atoms with E-state index in [0.29, 0.717) is 0 Å². The molecule has 0 spiro atoms. The average Bonchev–Trinajstić information content (AvgIpc) is 2.19. The molecule has 14 heavy (non-hydrogen) atoms. The highest BCUT2D eigenvalue weighted by Crippen LogP contribution is 2.15. The second-order valence-electron chi connectivity index (χ2n) is 3.08. The van der Waals surface area contributed by atoms with E-state index in [-0.39, 0.29) is 6.10 Å². The lowest BCUT2D eigenvalue weighted by molar-refractivity contribution is 0.217. The lowest BCUT2D eigenvalue weighted by atomic mass is 10.2. The highest BCUT2D eigenvalue weighted by atomic mass is 35.5. The minimum absolute atomic E-state index is 0.231. The number of halogens is 1. The highest BCUT2D eigenvalue weighted by Gasteiger charge is 2.00. The monoisotopic (exact) mass is 208 g/mol. The van der Waals surface area contributed by atoms with Gasteiger partial charge in [0.1, 0.15) is 5.75 Å². The minimum atomic E-state index is 0.231. The van der Waals surface area contributed by atoms with Gasteiger partial charge in [0.15, 0.2) is 0 Å². The van der Waals surface area contributed by atoms with Crippen LogP contribution in [0.3, 0.4) is 0 Å². The molecule has 0 bridgehead atoms. The number of hydrogen-bond acceptors (Lipinski definition) is 1. The zero-order chi connectivity index (χ0) is 10.4. The first kappa shape index (κ1) is 10.9. The van der Waals surface area contributed by atoms with Crippen molar-refractivity contribution in [3.05, 3.63) is 29.8 Å². The quantitative estimate of drug-likeness (QED) is 0.692. The fraction of sp³-hybridized carbons (Fsp3) is 0.333. The maximum atomic E-state index is 5.64.